The van der Waals surface area contributed by atoms with E-state index in [9.17, 15) is 9.59 Å². The minimum absolute atomic E-state index is 0.389. The highest BCUT2D eigenvalue weighted by Gasteiger charge is 2.34. The van der Waals surface area contributed by atoms with Gasteiger partial charge in [-0.05, 0) is 19.8 Å². The van der Waals surface area contributed by atoms with Crippen LogP contribution in [0.15, 0.2) is 0 Å². The van der Waals surface area contributed by atoms with Gasteiger partial charge in [-0.2, -0.15) is 0 Å². The molecule has 0 saturated carbocycles. The summed E-state index contributed by atoms with van der Waals surface area (Å²) in [5.41, 5.74) is 4.42. The monoisotopic (exact) mass is 230 g/mol. The summed E-state index contributed by atoms with van der Waals surface area (Å²) in [6, 6.07) is -0.625. The highest BCUT2D eigenvalue weighted by molar-refractivity contribution is 5.89. The lowest BCUT2D eigenvalue weighted by molar-refractivity contribution is -0.147. The predicted molar refractivity (Wildman–Crippen MR) is 62.0 cm³/mol. The van der Waals surface area contributed by atoms with E-state index in [2.05, 4.69) is 5.32 Å². The molecule has 0 radical (unpaired) electrons. The van der Waals surface area contributed by atoms with Crippen molar-refractivity contribution in [1.29, 1.82) is 0 Å². The third kappa shape index (κ3) is 4.18. The van der Waals surface area contributed by atoms with E-state index in [1.165, 1.54) is 6.92 Å². The van der Waals surface area contributed by atoms with Gasteiger partial charge in [0.25, 0.3) is 0 Å². The first-order valence-electron chi connectivity index (χ1n) is 5.68. The number of carboxylic acid groups (broad SMARTS) is 1. The van der Waals surface area contributed by atoms with Gasteiger partial charge >= 0.3 is 5.97 Å². The average molecular weight is 230 g/mol. The van der Waals surface area contributed by atoms with Crippen LogP contribution in [-0.4, -0.2) is 28.6 Å². The van der Waals surface area contributed by atoms with Crippen LogP contribution < -0.4 is 11.1 Å². The van der Waals surface area contributed by atoms with E-state index in [0.29, 0.717) is 19.3 Å². The number of hydrogen-bond acceptors (Lipinski definition) is 3. The quantitative estimate of drug-likeness (QED) is 0.605. The van der Waals surface area contributed by atoms with E-state index in [-0.39, 0.29) is 5.91 Å². The summed E-state index contributed by atoms with van der Waals surface area (Å²) in [6.45, 7) is 5.31. The van der Waals surface area contributed by atoms with Crippen LogP contribution in [0, 0.1) is 0 Å². The van der Waals surface area contributed by atoms with Crippen molar-refractivity contribution in [3.8, 4) is 0 Å². The zero-order valence-corrected chi connectivity index (χ0v) is 10.2. The first-order valence-corrected chi connectivity index (χ1v) is 5.68. The zero-order chi connectivity index (χ0) is 12.8. The molecular formula is C11H22N2O3. The number of aliphatic carboxylic acids is 1. The Labute approximate surface area is 96.4 Å². The molecule has 2 unspecified atom stereocenters. The fourth-order valence-corrected chi connectivity index (χ4v) is 1.53. The van der Waals surface area contributed by atoms with Crippen LogP contribution in [-0.2, 0) is 9.59 Å². The lowest BCUT2D eigenvalue weighted by atomic mass is 9.95. The molecule has 0 spiro atoms. The van der Waals surface area contributed by atoms with E-state index in [4.69, 9.17) is 10.8 Å². The molecule has 94 valence electrons. The maximum absolute atomic E-state index is 11.6. The Morgan fingerprint density at radius 3 is 2.31 bits per heavy atom. The van der Waals surface area contributed by atoms with Crippen molar-refractivity contribution in [3.63, 3.8) is 0 Å². The highest BCUT2D eigenvalue weighted by atomic mass is 16.4. The molecule has 0 aromatic heterocycles. The van der Waals surface area contributed by atoms with Crippen LogP contribution in [0.5, 0.6) is 0 Å². The summed E-state index contributed by atoms with van der Waals surface area (Å²) in [5, 5.41) is 11.6. The predicted octanol–water partition coefficient (Wildman–Crippen LogP) is 0.873. The van der Waals surface area contributed by atoms with Crippen LogP contribution in [0.3, 0.4) is 0 Å². The second-order valence-electron chi connectivity index (χ2n) is 4.27. The van der Waals surface area contributed by atoms with Crippen LogP contribution in [0.2, 0.25) is 0 Å². The Balaban J connectivity index is 4.52. The van der Waals surface area contributed by atoms with E-state index < -0.39 is 17.6 Å². The van der Waals surface area contributed by atoms with Gasteiger partial charge in [-0.25, -0.2) is 4.79 Å². The Bertz CT molecular complexity index is 256. The smallest absolute Gasteiger partial charge is 0.329 e. The van der Waals surface area contributed by atoms with E-state index in [0.717, 1.165) is 6.42 Å². The number of hydrogen-bond donors (Lipinski definition) is 3. The summed E-state index contributed by atoms with van der Waals surface area (Å²) < 4.78 is 0. The fraction of sp³-hybridized carbons (Fsp3) is 0.818. The van der Waals surface area contributed by atoms with Gasteiger partial charge < -0.3 is 16.2 Å². The molecule has 4 N–H and O–H groups in total. The standard InChI is InChI=1S/C11H22N2O3/c1-4-6-8(12)9(14)13-11(3,7-5-2)10(15)16/h8H,4-7,12H2,1-3H3,(H,13,14)(H,15,16). The Kier molecular flexibility index (Phi) is 6.03. The Hall–Kier alpha value is -1.10. The molecule has 5 heteroatoms. The minimum Gasteiger partial charge on any atom is -0.480 e. The van der Waals surface area contributed by atoms with Crippen molar-refractivity contribution in [2.45, 2.75) is 58.0 Å². The molecule has 0 aromatic carbocycles. The minimum atomic E-state index is -1.21. The third-order valence-corrected chi connectivity index (χ3v) is 2.56. The summed E-state index contributed by atoms with van der Waals surface area (Å²) in [5.74, 6) is -1.41. The first kappa shape index (κ1) is 14.9. The molecule has 0 fully saturated rings. The van der Waals surface area contributed by atoms with Crippen molar-refractivity contribution in [2.24, 2.45) is 5.73 Å². The molecule has 2 atom stereocenters. The zero-order valence-electron chi connectivity index (χ0n) is 10.2. The second kappa shape index (κ2) is 6.48. The van der Waals surface area contributed by atoms with Crippen molar-refractivity contribution in [3.05, 3.63) is 0 Å². The van der Waals surface area contributed by atoms with Crippen molar-refractivity contribution >= 4 is 11.9 Å². The summed E-state index contributed by atoms with van der Waals surface area (Å²) in [4.78, 5) is 22.7. The number of nitrogens with one attached hydrogen (secondary N) is 1. The third-order valence-electron chi connectivity index (χ3n) is 2.56. The largest absolute Gasteiger partial charge is 0.480 e. The van der Waals surface area contributed by atoms with Gasteiger partial charge in [-0.15, -0.1) is 0 Å². The molecule has 0 aliphatic rings. The van der Waals surface area contributed by atoms with Gasteiger partial charge in [0.15, 0.2) is 0 Å². The molecule has 0 heterocycles. The van der Waals surface area contributed by atoms with E-state index >= 15 is 0 Å². The number of nitrogens with two attached hydrogens (primary N) is 1. The summed E-state index contributed by atoms with van der Waals surface area (Å²) in [7, 11) is 0. The molecule has 0 aliphatic carbocycles. The average Bonchev–Trinajstić information content (AvgIpc) is 2.18. The topological polar surface area (TPSA) is 92.4 Å². The van der Waals surface area contributed by atoms with E-state index in [1.54, 1.807) is 0 Å². The molecule has 0 aliphatic heterocycles. The van der Waals surface area contributed by atoms with Gasteiger partial charge in [0.1, 0.15) is 5.54 Å². The van der Waals surface area contributed by atoms with Gasteiger partial charge in [0, 0.05) is 0 Å². The Morgan fingerprint density at radius 1 is 1.38 bits per heavy atom. The number of rotatable bonds is 7. The summed E-state index contributed by atoms with van der Waals surface area (Å²) >= 11 is 0. The molecule has 16 heavy (non-hydrogen) atoms. The SMILES string of the molecule is CCCC(N)C(=O)NC(C)(CCC)C(=O)O. The van der Waals surface area contributed by atoms with Crippen molar-refractivity contribution < 1.29 is 14.7 Å². The molecular weight excluding hydrogens is 208 g/mol. The summed E-state index contributed by atoms with van der Waals surface area (Å²) in [6.07, 6.45) is 2.44. The van der Waals surface area contributed by atoms with Crippen LogP contribution in [0.4, 0.5) is 0 Å². The number of carboxylic acids is 1. The highest BCUT2D eigenvalue weighted by Crippen LogP contribution is 2.13. The van der Waals surface area contributed by atoms with Gasteiger partial charge in [0.2, 0.25) is 5.91 Å². The number of amides is 1. The molecule has 0 saturated heterocycles. The van der Waals surface area contributed by atoms with Crippen LogP contribution in [0.25, 0.3) is 0 Å². The maximum atomic E-state index is 11.6. The second-order valence-corrected chi connectivity index (χ2v) is 4.27. The van der Waals surface area contributed by atoms with E-state index in [1.807, 2.05) is 13.8 Å². The lowest BCUT2D eigenvalue weighted by Crippen LogP contribution is -2.56. The van der Waals surface area contributed by atoms with Crippen molar-refractivity contribution in [2.75, 3.05) is 0 Å². The first-order chi connectivity index (χ1) is 7.37. The van der Waals surface area contributed by atoms with Crippen molar-refractivity contribution in [1.82, 2.24) is 5.32 Å². The van der Waals surface area contributed by atoms with Gasteiger partial charge in [-0.3, -0.25) is 4.79 Å². The lowest BCUT2D eigenvalue weighted by Gasteiger charge is -2.27. The van der Waals surface area contributed by atoms with Gasteiger partial charge in [0.05, 0.1) is 6.04 Å². The number of carbonyl (C=O) groups is 2. The maximum Gasteiger partial charge on any atom is 0.329 e. The van der Waals surface area contributed by atoms with Crippen LogP contribution in [0.1, 0.15) is 46.5 Å². The van der Waals surface area contributed by atoms with Crippen LogP contribution >= 0.6 is 0 Å². The molecule has 5 nitrogen and oxygen atoms in total. The molecule has 0 aromatic rings. The normalized spacial score (nSPS) is 16.2. The molecule has 1 amide bonds. The molecule has 0 bridgehead atoms. The fourth-order valence-electron chi connectivity index (χ4n) is 1.53. The number of carbonyl (C=O) groups excluding carboxylic acids is 1. The van der Waals surface area contributed by atoms with Gasteiger partial charge in [-0.1, -0.05) is 26.7 Å². The molecule has 0 rings (SSSR count). The Morgan fingerprint density at radius 2 is 1.94 bits per heavy atom.